The number of thiol groups is 2. The van der Waals surface area contributed by atoms with Gasteiger partial charge in [0.05, 0.1) is 0 Å². The summed E-state index contributed by atoms with van der Waals surface area (Å²) < 4.78 is -0.843. The molecule has 0 aliphatic rings. The number of aliphatic carboxylic acids is 1. The Morgan fingerprint density at radius 1 is 1.50 bits per heavy atom. The van der Waals surface area contributed by atoms with Crippen molar-refractivity contribution in [3.05, 3.63) is 13.2 Å². The van der Waals surface area contributed by atoms with Gasteiger partial charge in [0.25, 0.3) is 0 Å². The second-order valence-corrected chi connectivity index (χ2v) is 2.15. The topological polar surface area (TPSA) is 37.3 Å². The Labute approximate surface area is 59.4 Å². The standard InChI is InChI=1S/C2H4O2S2.C2H4/c3-1(4)2(5)6;1-2/h2,5-6H,(H,3,4);1-2H2. The maximum absolute atomic E-state index is 9.55. The number of hydrogen-bond acceptors (Lipinski definition) is 3. The molecule has 0 aliphatic heterocycles. The number of carboxylic acids is 1. The molecular weight excluding hydrogens is 144 g/mol. The fourth-order valence-corrected chi connectivity index (χ4v) is 0. The molecule has 0 radical (unpaired) electrons. The van der Waals surface area contributed by atoms with E-state index in [0.717, 1.165) is 0 Å². The average molecular weight is 152 g/mol. The van der Waals surface area contributed by atoms with Crippen LogP contribution in [0.1, 0.15) is 0 Å². The van der Waals surface area contributed by atoms with Gasteiger partial charge in [-0.3, -0.25) is 4.79 Å². The van der Waals surface area contributed by atoms with E-state index >= 15 is 0 Å². The van der Waals surface area contributed by atoms with Gasteiger partial charge in [-0.25, -0.2) is 0 Å². The molecule has 4 heteroatoms. The Morgan fingerprint density at radius 3 is 1.62 bits per heavy atom. The van der Waals surface area contributed by atoms with Gasteiger partial charge >= 0.3 is 5.97 Å². The van der Waals surface area contributed by atoms with Gasteiger partial charge in [-0.1, -0.05) is 0 Å². The van der Waals surface area contributed by atoms with Crippen LogP contribution in [0.3, 0.4) is 0 Å². The van der Waals surface area contributed by atoms with Gasteiger partial charge in [0.15, 0.2) is 0 Å². The van der Waals surface area contributed by atoms with E-state index in [2.05, 4.69) is 38.4 Å². The van der Waals surface area contributed by atoms with Gasteiger partial charge in [0, 0.05) is 0 Å². The lowest BCUT2D eigenvalue weighted by Gasteiger charge is -1.87. The zero-order valence-electron chi connectivity index (χ0n) is 4.24. The molecule has 48 valence electrons. The lowest BCUT2D eigenvalue weighted by molar-refractivity contribution is -0.134. The fraction of sp³-hybridized carbons (Fsp3) is 0.250. The minimum Gasteiger partial charge on any atom is -0.480 e. The van der Waals surface area contributed by atoms with E-state index in [1.807, 2.05) is 0 Å². The first-order valence-corrected chi connectivity index (χ1v) is 2.77. The van der Waals surface area contributed by atoms with Crippen molar-refractivity contribution in [1.82, 2.24) is 0 Å². The first-order valence-electron chi connectivity index (χ1n) is 1.73. The highest BCUT2D eigenvalue weighted by atomic mass is 32.2. The summed E-state index contributed by atoms with van der Waals surface area (Å²) in [6.45, 7) is 6.00. The van der Waals surface area contributed by atoms with Crippen molar-refractivity contribution in [2.75, 3.05) is 0 Å². The second kappa shape index (κ2) is 6.91. The first kappa shape index (κ1) is 10.8. The van der Waals surface area contributed by atoms with Crippen LogP contribution < -0.4 is 0 Å². The molecule has 0 saturated heterocycles. The number of hydrogen-bond donors (Lipinski definition) is 3. The molecule has 0 rings (SSSR count). The summed E-state index contributed by atoms with van der Waals surface area (Å²) in [5, 5.41) is 7.84. The third kappa shape index (κ3) is 9.32. The van der Waals surface area contributed by atoms with Crippen LogP contribution in [0.5, 0.6) is 0 Å². The summed E-state index contributed by atoms with van der Waals surface area (Å²) in [6, 6.07) is 0. The molecule has 0 amide bonds. The second-order valence-electron chi connectivity index (χ2n) is 0.712. The molecule has 0 saturated carbocycles. The van der Waals surface area contributed by atoms with Crippen LogP contribution in [0.25, 0.3) is 0 Å². The van der Waals surface area contributed by atoms with E-state index in [9.17, 15) is 4.79 Å². The Morgan fingerprint density at radius 2 is 1.62 bits per heavy atom. The van der Waals surface area contributed by atoms with Crippen molar-refractivity contribution in [3.8, 4) is 0 Å². The van der Waals surface area contributed by atoms with E-state index in [1.54, 1.807) is 0 Å². The first-order chi connectivity index (χ1) is 3.64. The summed E-state index contributed by atoms with van der Waals surface area (Å²) in [6.07, 6.45) is 0. The third-order valence-electron chi connectivity index (χ3n) is 0.221. The molecule has 0 bridgehead atoms. The van der Waals surface area contributed by atoms with Gasteiger partial charge in [-0.15, -0.1) is 13.2 Å². The maximum Gasteiger partial charge on any atom is 0.326 e. The highest BCUT2D eigenvalue weighted by molar-refractivity contribution is 8.00. The molecule has 0 atom stereocenters. The summed E-state index contributed by atoms with van der Waals surface area (Å²) >= 11 is 6.92. The highest BCUT2D eigenvalue weighted by Gasteiger charge is 2.01. The molecular formula is C4H8O2S2. The fourth-order valence-electron chi connectivity index (χ4n) is 0. The lowest BCUT2D eigenvalue weighted by Crippen LogP contribution is -2.04. The van der Waals surface area contributed by atoms with Crippen molar-refractivity contribution in [3.63, 3.8) is 0 Å². The summed E-state index contributed by atoms with van der Waals surface area (Å²) in [7, 11) is 0. The highest BCUT2D eigenvalue weighted by Crippen LogP contribution is 1.96. The molecule has 0 fully saturated rings. The van der Waals surface area contributed by atoms with Crippen molar-refractivity contribution >= 4 is 31.2 Å². The summed E-state index contributed by atoms with van der Waals surface area (Å²) in [5.41, 5.74) is 0. The zero-order chi connectivity index (χ0) is 7.15. The van der Waals surface area contributed by atoms with Crippen LogP contribution in [0.4, 0.5) is 0 Å². The Kier molecular flexibility index (Phi) is 9.34. The molecule has 0 spiro atoms. The molecule has 8 heavy (non-hydrogen) atoms. The van der Waals surface area contributed by atoms with Crippen LogP contribution in [0.2, 0.25) is 0 Å². The van der Waals surface area contributed by atoms with Crippen molar-refractivity contribution in [2.45, 2.75) is 4.58 Å². The minimum absolute atomic E-state index is 0.843. The SMILES string of the molecule is C=C.O=C(O)C(S)S. The third-order valence-corrected chi connectivity index (χ3v) is 0.663. The Bertz CT molecular complexity index is 72.4. The molecule has 1 N–H and O–H groups in total. The van der Waals surface area contributed by atoms with Gasteiger partial charge in [-0.05, 0) is 0 Å². The van der Waals surface area contributed by atoms with E-state index < -0.39 is 10.6 Å². The molecule has 0 heterocycles. The van der Waals surface area contributed by atoms with Crippen LogP contribution in [0, 0.1) is 0 Å². The molecule has 0 unspecified atom stereocenters. The van der Waals surface area contributed by atoms with Crippen LogP contribution >= 0.6 is 25.3 Å². The van der Waals surface area contributed by atoms with E-state index in [-0.39, 0.29) is 0 Å². The lowest BCUT2D eigenvalue weighted by atomic mass is 10.8. The predicted molar refractivity (Wildman–Crippen MR) is 40.6 cm³/mol. The van der Waals surface area contributed by atoms with Gasteiger partial charge in [0.1, 0.15) is 4.58 Å². The van der Waals surface area contributed by atoms with Crippen LogP contribution in [-0.2, 0) is 4.79 Å². The Balaban J connectivity index is 0. The van der Waals surface area contributed by atoms with Gasteiger partial charge in [0.2, 0.25) is 0 Å². The molecule has 0 aromatic heterocycles. The smallest absolute Gasteiger partial charge is 0.326 e. The quantitative estimate of drug-likeness (QED) is 0.298. The van der Waals surface area contributed by atoms with Crippen molar-refractivity contribution in [2.24, 2.45) is 0 Å². The van der Waals surface area contributed by atoms with Crippen molar-refractivity contribution < 1.29 is 9.90 Å². The molecule has 0 aromatic rings. The summed E-state index contributed by atoms with van der Waals surface area (Å²) in [5.74, 6) is -1.01. The van der Waals surface area contributed by atoms with E-state index in [4.69, 9.17) is 5.11 Å². The van der Waals surface area contributed by atoms with Crippen molar-refractivity contribution in [1.29, 1.82) is 0 Å². The van der Waals surface area contributed by atoms with Gasteiger partial charge in [-0.2, -0.15) is 25.3 Å². The van der Waals surface area contributed by atoms with E-state index in [0.29, 0.717) is 0 Å². The maximum atomic E-state index is 9.55. The van der Waals surface area contributed by atoms with Gasteiger partial charge < -0.3 is 5.11 Å². The minimum atomic E-state index is -1.01. The van der Waals surface area contributed by atoms with E-state index in [1.165, 1.54) is 0 Å². The largest absolute Gasteiger partial charge is 0.480 e. The number of rotatable bonds is 1. The number of carboxylic acid groups (broad SMARTS) is 1. The monoisotopic (exact) mass is 152 g/mol. The molecule has 2 nitrogen and oxygen atoms in total. The average Bonchev–Trinajstić information content (AvgIpc) is 1.72. The van der Waals surface area contributed by atoms with Crippen LogP contribution in [-0.4, -0.2) is 15.7 Å². The van der Waals surface area contributed by atoms with Crippen LogP contribution in [0.15, 0.2) is 13.2 Å². The zero-order valence-corrected chi connectivity index (χ0v) is 6.03. The summed E-state index contributed by atoms with van der Waals surface area (Å²) in [4.78, 5) is 9.55. The number of carbonyl (C=O) groups is 1. The normalized spacial score (nSPS) is 7.38. The molecule has 0 aromatic carbocycles. The molecule has 0 aliphatic carbocycles. The predicted octanol–water partition coefficient (Wildman–Crippen LogP) is 1.06. The Hall–Kier alpha value is -0.0900.